The van der Waals surface area contributed by atoms with Gasteiger partial charge < -0.3 is 19.8 Å². The van der Waals surface area contributed by atoms with Crippen LogP contribution < -0.4 is 4.74 Å². The molecule has 3 aliphatic rings. The fourth-order valence-corrected chi connectivity index (χ4v) is 6.34. The van der Waals surface area contributed by atoms with Crippen LogP contribution in [0.5, 0.6) is 5.75 Å². The van der Waals surface area contributed by atoms with Crippen molar-refractivity contribution in [2.24, 2.45) is 10.8 Å². The molecular weight excluding hydrogens is 521 g/mol. The molecule has 0 bridgehead atoms. The Bertz CT molecular complexity index is 1210. The first-order chi connectivity index (χ1) is 17.1. The highest BCUT2D eigenvalue weighted by Gasteiger charge is 2.49. The summed E-state index contributed by atoms with van der Waals surface area (Å²) < 4.78 is 5.25. The Hall–Kier alpha value is -2.84. The molecule has 0 aromatic heterocycles. The van der Waals surface area contributed by atoms with Crippen LogP contribution in [0, 0.1) is 10.8 Å². The van der Waals surface area contributed by atoms with E-state index in [9.17, 15) is 24.3 Å². The number of aliphatic carboxylic acids is 2. The number of ether oxygens (including phenoxy) is 1. The molecule has 10 heteroatoms. The highest BCUT2D eigenvalue weighted by molar-refractivity contribution is 6.37. The molecule has 1 aromatic carbocycles. The number of carbonyl (C=O) groups is 4. The van der Waals surface area contributed by atoms with E-state index in [4.69, 9.17) is 33.0 Å². The summed E-state index contributed by atoms with van der Waals surface area (Å²) in [7, 11) is 0. The average Bonchev–Trinajstić information content (AvgIpc) is 2.71. The first-order valence-corrected chi connectivity index (χ1v) is 12.7. The Balaban J connectivity index is 1.97. The molecule has 0 fully saturated rings. The van der Waals surface area contributed by atoms with Gasteiger partial charge in [0.05, 0.1) is 10.0 Å². The smallest absolute Gasteiger partial charge is 0.341 e. The van der Waals surface area contributed by atoms with E-state index in [-0.39, 0.29) is 46.7 Å². The van der Waals surface area contributed by atoms with Gasteiger partial charge in [-0.3, -0.25) is 14.4 Å². The van der Waals surface area contributed by atoms with E-state index < -0.39 is 35.3 Å². The van der Waals surface area contributed by atoms with Gasteiger partial charge in [0.1, 0.15) is 6.54 Å². The summed E-state index contributed by atoms with van der Waals surface area (Å²) in [6.45, 7) is 6.85. The summed E-state index contributed by atoms with van der Waals surface area (Å²) in [4.78, 5) is 51.9. The molecule has 198 valence electrons. The van der Waals surface area contributed by atoms with E-state index >= 15 is 0 Å². The number of hydrogen-bond donors (Lipinski definition) is 2. The summed E-state index contributed by atoms with van der Waals surface area (Å²) in [5.41, 5.74) is 1.69. The standard InChI is InChI=1S/C27H29Cl2NO7/c1-26(2)7-16-23(18(31)9-26)22(13-5-14(28)25(15(29)6-13)37-12-21(35)36)24-17(30(16)11-20(33)34)8-27(3,4)10-19(24)32/h5-6,22H,7-12H2,1-4H3,(H,33,34)(H,35,36). The predicted molar refractivity (Wildman–Crippen MR) is 137 cm³/mol. The van der Waals surface area contributed by atoms with Crippen LogP contribution >= 0.6 is 23.2 Å². The zero-order valence-corrected chi connectivity index (χ0v) is 22.6. The summed E-state index contributed by atoms with van der Waals surface area (Å²) in [5.74, 6) is -3.35. The minimum Gasteiger partial charge on any atom is -0.480 e. The summed E-state index contributed by atoms with van der Waals surface area (Å²) >= 11 is 12.9. The van der Waals surface area contributed by atoms with Gasteiger partial charge in [0.2, 0.25) is 0 Å². The molecule has 0 saturated carbocycles. The number of rotatable bonds is 6. The zero-order chi connectivity index (χ0) is 27.4. The lowest BCUT2D eigenvalue weighted by atomic mass is 9.63. The molecule has 0 atom stereocenters. The maximum atomic E-state index is 13.7. The Morgan fingerprint density at radius 2 is 1.35 bits per heavy atom. The highest BCUT2D eigenvalue weighted by Crippen LogP contribution is 2.55. The monoisotopic (exact) mass is 549 g/mol. The Morgan fingerprint density at radius 1 is 0.892 bits per heavy atom. The van der Waals surface area contributed by atoms with E-state index in [0.29, 0.717) is 40.9 Å². The van der Waals surface area contributed by atoms with E-state index in [1.54, 1.807) is 4.90 Å². The largest absolute Gasteiger partial charge is 0.480 e. The van der Waals surface area contributed by atoms with Gasteiger partial charge in [0.25, 0.3) is 0 Å². The van der Waals surface area contributed by atoms with Gasteiger partial charge >= 0.3 is 11.9 Å². The quantitative estimate of drug-likeness (QED) is 0.494. The molecule has 1 heterocycles. The van der Waals surface area contributed by atoms with Crippen molar-refractivity contribution in [2.75, 3.05) is 13.2 Å². The van der Waals surface area contributed by atoms with Crippen LogP contribution in [0.15, 0.2) is 34.7 Å². The van der Waals surface area contributed by atoms with Crippen molar-refractivity contribution in [3.8, 4) is 5.75 Å². The predicted octanol–water partition coefficient (Wildman–Crippen LogP) is 5.23. The molecule has 1 aromatic rings. The van der Waals surface area contributed by atoms with E-state index in [1.807, 2.05) is 27.7 Å². The fraction of sp³-hybridized carbons (Fsp3) is 0.481. The number of halogens is 2. The lowest BCUT2D eigenvalue weighted by molar-refractivity contribution is -0.139. The number of carbonyl (C=O) groups excluding carboxylic acids is 2. The summed E-state index contributed by atoms with van der Waals surface area (Å²) in [5, 5.41) is 18.8. The molecule has 0 unspecified atom stereocenters. The van der Waals surface area contributed by atoms with Crippen molar-refractivity contribution in [3.63, 3.8) is 0 Å². The molecule has 0 spiro atoms. The zero-order valence-electron chi connectivity index (χ0n) is 21.1. The van der Waals surface area contributed by atoms with E-state index in [1.165, 1.54) is 12.1 Å². The lowest BCUT2D eigenvalue weighted by Crippen LogP contribution is -2.45. The van der Waals surface area contributed by atoms with Crippen molar-refractivity contribution in [2.45, 2.75) is 59.3 Å². The first kappa shape index (κ1) is 27.2. The number of ketones is 2. The normalized spacial score (nSPS) is 21.1. The summed E-state index contributed by atoms with van der Waals surface area (Å²) in [6.07, 6.45) is 1.41. The van der Waals surface area contributed by atoms with Crippen LogP contribution in [0.2, 0.25) is 10.0 Å². The minimum atomic E-state index is -1.20. The number of hydrogen-bond acceptors (Lipinski definition) is 6. The molecule has 37 heavy (non-hydrogen) atoms. The van der Waals surface area contributed by atoms with Crippen LogP contribution in [0.3, 0.4) is 0 Å². The number of benzene rings is 1. The molecule has 8 nitrogen and oxygen atoms in total. The Labute approximate surface area is 224 Å². The molecule has 0 saturated heterocycles. The van der Waals surface area contributed by atoms with Crippen molar-refractivity contribution in [1.29, 1.82) is 0 Å². The molecule has 4 rings (SSSR count). The molecule has 1 aliphatic heterocycles. The SMILES string of the molecule is CC1(C)CC(=O)C2=C(C1)N(CC(=O)O)C1=C(C(=O)CC(C)(C)C1)C2c1cc(Cl)c(OCC(=O)O)c(Cl)c1. The third-order valence-corrected chi connectivity index (χ3v) is 7.57. The molecule has 0 amide bonds. The second-order valence-corrected chi connectivity index (χ2v) is 12.3. The van der Waals surface area contributed by atoms with Crippen molar-refractivity contribution in [3.05, 3.63) is 50.3 Å². The Morgan fingerprint density at radius 3 is 1.76 bits per heavy atom. The van der Waals surface area contributed by atoms with Crippen molar-refractivity contribution < 1.29 is 34.1 Å². The van der Waals surface area contributed by atoms with Crippen LogP contribution in [-0.4, -0.2) is 51.8 Å². The fourth-order valence-electron chi connectivity index (χ4n) is 5.73. The molecule has 2 N–H and O–H groups in total. The van der Waals surface area contributed by atoms with Crippen LogP contribution in [0.4, 0.5) is 0 Å². The number of Topliss-reactive ketones (excluding diaryl/α,β-unsaturated/α-hetero) is 2. The van der Waals surface area contributed by atoms with Gasteiger partial charge in [-0.2, -0.15) is 0 Å². The number of carboxylic acids is 2. The third-order valence-electron chi connectivity index (χ3n) is 7.01. The minimum absolute atomic E-state index is 0.00610. The number of allylic oxidation sites excluding steroid dienone is 4. The molecular formula is C27H29Cl2NO7. The maximum Gasteiger partial charge on any atom is 0.341 e. The topological polar surface area (TPSA) is 121 Å². The average molecular weight is 550 g/mol. The molecule has 2 aliphatic carbocycles. The second kappa shape index (κ2) is 9.48. The Kier molecular flexibility index (Phi) is 6.97. The maximum absolute atomic E-state index is 13.7. The lowest BCUT2D eigenvalue weighted by Gasteiger charge is -2.48. The van der Waals surface area contributed by atoms with Crippen LogP contribution in [-0.2, 0) is 19.2 Å². The van der Waals surface area contributed by atoms with Gasteiger partial charge in [-0.25, -0.2) is 4.79 Å². The molecule has 0 radical (unpaired) electrons. The van der Waals surface area contributed by atoms with Crippen molar-refractivity contribution in [1.82, 2.24) is 4.90 Å². The summed E-state index contributed by atoms with van der Waals surface area (Å²) in [6, 6.07) is 3.08. The van der Waals surface area contributed by atoms with Gasteiger partial charge in [0.15, 0.2) is 23.9 Å². The van der Waals surface area contributed by atoms with Gasteiger partial charge in [0, 0.05) is 41.3 Å². The first-order valence-electron chi connectivity index (χ1n) is 12.0. The number of nitrogens with zero attached hydrogens (tertiary/aromatic N) is 1. The van der Waals surface area contributed by atoms with Crippen LogP contribution in [0.25, 0.3) is 0 Å². The van der Waals surface area contributed by atoms with Gasteiger partial charge in [-0.1, -0.05) is 50.9 Å². The third kappa shape index (κ3) is 5.27. The highest BCUT2D eigenvalue weighted by atomic mass is 35.5. The second-order valence-electron chi connectivity index (χ2n) is 11.5. The van der Waals surface area contributed by atoms with Crippen molar-refractivity contribution >= 4 is 46.7 Å². The van der Waals surface area contributed by atoms with E-state index in [2.05, 4.69) is 0 Å². The van der Waals surface area contributed by atoms with Gasteiger partial charge in [-0.05, 0) is 41.4 Å². The van der Waals surface area contributed by atoms with Gasteiger partial charge in [-0.15, -0.1) is 0 Å². The number of carboxylic acid groups (broad SMARTS) is 2. The van der Waals surface area contributed by atoms with E-state index in [0.717, 1.165) is 0 Å². The van der Waals surface area contributed by atoms with Crippen LogP contribution in [0.1, 0.15) is 64.9 Å².